The highest BCUT2D eigenvalue weighted by Gasteiger charge is 2.58. The van der Waals surface area contributed by atoms with Crippen molar-refractivity contribution in [3.63, 3.8) is 0 Å². The second kappa shape index (κ2) is 11.5. The molecule has 1 aliphatic rings. The first-order valence-electron chi connectivity index (χ1n) is 10.6. The summed E-state index contributed by atoms with van der Waals surface area (Å²) >= 11 is 5.88. The van der Waals surface area contributed by atoms with Gasteiger partial charge in [0.15, 0.2) is 6.23 Å². The summed E-state index contributed by atoms with van der Waals surface area (Å²) in [6, 6.07) is 7.95. The molecule has 0 aliphatic carbocycles. The standard InChI is InChI=1S/C21H25ClFN4O8P/c1-3-11-32-18(29)13(2)26-36(31,35-14-7-5-4-6-8-14)33-12-15-17(28)21(22,23)19(34-15)27-10-9-16(24)25-20(27)30/h3-10,13,15,17,19,28H,1,11-12H2,2H3,(H,26,31)(H2,24,25,30)/t13-,15?,17+,19+,21+,36-/m0/s1. The van der Waals surface area contributed by atoms with Crippen LogP contribution >= 0.6 is 19.3 Å². The highest BCUT2D eigenvalue weighted by atomic mass is 35.5. The normalized spacial score (nSPS) is 26.1. The Hall–Kier alpha value is -2.80. The van der Waals surface area contributed by atoms with Crippen molar-refractivity contribution in [1.29, 1.82) is 0 Å². The zero-order valence-corrected chi connectivity index (χ0v) is 20.7. The number of benzene rings is 1. The third-order valence-corrected chi connectivity index (χ3v) is 6.96. The molecule has 6 atom stereocenters. The maximum atomic E-state index is 15.2. The molecule has 1 saturated heterocycles. The molecule has 0 amide bonds. The summed E-state index contributed by atoms with van der Waals surface area (Å²) < 4.78 is 50.7. The number of hydrogen-bond donors (Lipinski definition) is 3. The van der Waals surface area contributed by atoms with E-state index in [1.54, 1.807) is 18.2 Å². The van der Waals surface area contributed by atoms with E-state index in [-0.39, 0.29) is 18.2 Å². The minimum Gasteiger partial charge on any atom is -0.460 e. The van der Waals surface area contributed by atoms with Crippen molar-refractivity contribution in [2.75, 3.05) is 18.9 Å². The van der Waals surface area contributed by atoms with Crippen LogP contribution in [-0.4, -0.2) is 57.2 Å². The fourth-order valence-electron chi connectivity index (χ4n) is 3.15. The van der Waals surface area contributed by atoms with Gasteiger partial charge in [0.25, 0.3) is 5.13 Å². The molecular weight excluding hydrogens is 522 g/mol. The molecule has 1 fully saturated rings. The van der Waals surface area contributed by atoms with Crippen molar-refractivity contribution < 1.29 is 37.4 Å². The number of hydrogen-bond acceptors (Lipinski definition) is 10. The monoisotopic (exact) mass is 546 g/mol. The second-order valence-corrected chi connectivity index (χ2v) is 9.93. The van der Waals surface area contributed by atoms with E-state index in [4.69, 9.17) is 35.9 Å². The van der Waals surface area contributed by atoms with Crippen LogP contribution in [0.15, 0.2) is 60.0 Å². The van der Waals surface area contributed by atoms with Gasteiger partial charge in [0.2, 0.25) is 0 Å². The Morgan fingerprint density at radius 2 is 2.17 bits per heavy atom. The maximum Gasteiger partial charge on any atom is 0.459 e. The summed E-state index contributed by atoms with van der Waals surface area (Å²) in [7, 11) is -4.34. The zero-order chi connectivity index (χ0) is 26.5. The summed E-state index contributed by atoms with van der Waals surface area (Å²) in [6.45, 7) is 4.01. The van der Waals surface area contributed by atoms with E-state index in [1.165, 1.54) is 31.2 Å². The summed E-state index contributed by atoms with van der Waals surface area (Å²) in [6.07, 6.45) is -2.87. The molecule has 1 unspecified atom stereocenters. The van der Waals surface area contributed by atoms with E-state index in [0.717, 1.165) is 6.20 Å². The predicted molar refractivity (Wildman–Crippen MR) is 127 cm³/mol. The van der Waals surface area contributed by atoms with Gasteiger partial charge < -0.3 is 24.8 Å². The quantitative estimate of drug-likeness (QED) is 0.163. The molecule has 2 heterocycles. The molecule has 0 spiro atoms. The van der Waals surface area contributed by atoms with Crippen LogP contribution in [0.2, 0.25) is 0 Å². The minimum absolute atomic E-state index is 0.0767. The number of nitrogens with zero attached hydrogens (tertiary/aromatic N) is 2. The average molecular weight is 547 g/mol. The fourth-order valence-corrected chi connectivity index (χ4v) is 4.95. The predicted octanol–water partition coefficient (Wildman–Crippen LogP) is 1.90. The van der Waals surface area contributed by atoms with Crippen LogP contribution in [0.25, 0.3) is 0 Å². The number of rotatable bonds is 11. The number of alkyl halides is 2. The highest BCUT2D eigenvalue weighted by Crippen LogP contribution is 2.48. The topological polar surface area (TPSA) is 164 Å². The van der Waals surface area contributed by atoms with Crippen LogP contribution in [0.4, 0.5) is 10.2 Å². The number of nitrogens with one attached hydrogen (secondary N) is 1. The first kappa shape index (κ1) is 27.8. The summed E-state index contributed by atoms with van der Waals surface area (Å²) in [4.78, 5) is 27.8. The third kappa shape index (κ3) is 6.49. The molecule has 0 saturated carbocycles. The number of carbonyl (C=O) groups is 1. The van der Waals surface area contributed by atoms with Gasteiger partial charge in [-0.05, 0) is 25.1 Å². The van der Waals surface area contributed by atoms with Crippen LogP contribution in [0.1, 0.15) is 13.2 Å². The smallest absolute Gasteiger partial charge is 0.459 e. The number of nitrogen functional groups attached to an aromatic ring is 1. The van der Waals surface area contributed by atoms with E-state index in [2.05, 4.69) is 16.7 Å². The van der Waals surface area contributed by atoms with Crippen LogP contribution in [0.3, 0.4) is 0 Å². The number of anilines is 1. The molecule has 196 valence electrons. The molecule has 12 nitrogen and oxygen atoms in total. The minimum atomic E-state index is -4.34. The zero-order valence-electron chi connectivity index (χ0n) is 19.0. The van der Waals surface area contributed by atoms with Crippen LogP contribution < -0.4 is 21.0 Å². The van der Waals surface area contributed by atoms with Crippen molar-refractivity contribution in [2.24, 2.45) is 0 Å². The Bertz CT molecular complexity index is 1180. The van der Waals surface area contributed by atoms with Gasteiger partial charge in [0, 0.05) is 6.20 Å². The number of aliphatic hydroxyl groups excluding tert-OH is 1. The lowest BCUT2D eigenvalue weighted by molar-refractivity contribution is -0.144. The van der Waals surface area contributed by atoms with Gasteiger partial charge in [-0.1, -0.05) is 42.5 Å². The van der Waals surface area contributed by atoms with Crippen LogP contribution in [-0.2, 0) is 23.4 Å². The summed E-state index contributed by atoms with van der Waals surface area (Å²) in [5.41, 5.74) is 4.47. The van der Waals surface area contributed by atoms with Gasteiger partial charge in [0.1, 0.15) is 36.4 Å². The first-order chi connectivity index (χ1) is 17.0. The molecule has 36 heavy (non-hydrogen) atoms. The first-order valence-corrected chi connectivity index (χ1v) is 12.5. The van der Waals surface area contributed by atoms with Crippen molar-refractivity contribution in [3.8, 4) is 5.75 Å². The number of esters is 1. The number of carbonyl (C=O) groups excluding carboxylic acids is 1. The largest absolute Gasteiger partial charge is 0.460 e. The van der Waals surface area contributed by atoms with E-state index in [0.29, 0.717) is 4.57 Å². The Morgan fingerprint density at radius 3 is 2.81 bits per heavy atom. The third-order valence-electron chi connectivity index (χ3n) is 4.91. The maximum absolute atomic E-state index is 15.2. The van der Waals surface area contributed by atoms with E-state index >= 15 is 4.39 Å². The van der Waals surface area contributed by atoms with Crippen molar-refractivity contribution in [2.45, 2.75) is 36.5 Å². The van der Waals surface area contributed by atoms with Crippen LogP contribution in [0, 0.1) is 0 Å². The fraction of sp³-hybridized carbons (Fsp3) is 0.381. The van der Waals surface area contributed by atoms with E-state index in [1.807, 2.05) is 0 Å². The molecule has 1 aromatic carbocycles. The van der Waals surface area contributed by atoms with Gasteiger partial charge in [-0.25, -0.2) is 13.8 Å². The SMILES string of the molecule is C=CCOC(=O)[C@H](C)N[P@](=O)(OCC1O[C@@H](n2ccc(N)nc2=O)[C@@](F)(Cl)[C@@H]1O)Oc1ccccc1. The number of para-hydroxylation sites is 1. The van der Waals surface area contributed by atoms with Gasteiger partial charge in [-0.3, -0.25) is 13.9 Å². The number of aliphatic hydroxyl groups is 1. The number of nitrogens with two attached hydrogens (primary N) is 1. The Morgan fingerprint density at radius 1 is 1.47 bits per heavy atom. The summed E-state index contributed by atoms with van der Waals surface area (Å²) in [5, 5.41) is 9.89. The van der Waals surface area contributed by atoms with Crippen LogP contribution in [0.5, 0.6) is 5.75 Å². The Labute approximate surface area is 210 Å². The number of aromatic nitrogens is 2. The highest BCUT2D eigenvalue weighted by molar-refractivity contribution is 7.52. The molecule has 1 aromatic heterocycles. The van der Waals surface area contributed by atoms with Gasteiger partial charge in [0.05, 0.1) is 6.61 Å². The van der Waals surface area contributed by atoms with Gasteiger partial charge in [-0.15, -0.1) is 0 Å². The van der Waals surface area contributed by atoms with Gasteiger partial charge in [-0.2, -0.15) is 10.1 Å². The van der Waals surface area contributed by atoms with E-state index in [9.17, 15) is 19.3 Å². The lowest BCUT2D eigenvalue weighted by atomic mass is 10.1. The molecule has 0 bridgehead atoms. The molecule has 0 radical (unpaired) electrons. The molecule has 4 N–H and O–H groups in total. The second-order valence-electron chi connectivity index (χ2n) is 7.66. The van der Waals surface area contributed by atoms with Crippen molar-refractivity contribution in [1.82, 2.24) is 14.6 Å². The molecule has 2 aromatic rings. The number of halogens is 2. The average Bonchev–Trinajstić information content (AvgIpc) is 3.05. The van der Waals surface area contributed by atoms with Crippen molar-refractivity contribution in [3.05, 3.63) is 65.7 Å². The lowest BCUT2D eigenvalue weighted by Crippen LogP contribution is -2.41. The Balaban J connectivity index is 1.78. The number of ether oxygens (including phenoxy) is 2. The Kier molecular flexibility index (Phi) is 8.88. The summed E-state index contributed by atoms with van der Waals surface area (Å²) in [5.74, 6) is -0.756. The molecular formula is C21H25ClFN4O8P. The molecule has 1 aliphatic heterocycles. The lowest BCUT2D eigenvalue weighted by Gasteiger charge is -2.24. The van der Waals surface area contributed by atoms with Gasteiger partial charge >= 0.3 is 19.4 Å². The van der Waals surface area contributed by atoms with E-state index < -0.39 is 55.6 Å². The molecule has 3 rings (SSSR count). The molecule has 15 heteroatoms. The van der Waals surface area contributed by atoms with Crippen molar-refractivity contribution >= 4 is 31.1 Å².